The molecule has 3 aromatic carbocycles. The zero-order valence-corrected chi connectivity index (χ0v) is 20.3. The highest BCUT2D eigenvalue weighted by Crippen LogP contribution is 2.33. The lowest BCUT2D eigenvalue weighted by Gasteiger charge is -2.15. The van der Waals surface area contributed by atoms with Gasteiger partial charge in [0.25, 0.3) is 5.91 Å². The molecule has 0 aromatic heterocycles. The first-order chi connectivity index (χ1) is 17.0. The van der Waals surface area contributed by atoms with Gasteiger partial charge in [-0.15, -0.1) is 0 Å². The third kappa shape index (κ3) is 8.03. The molecule has 1 N–H and O–H groups in total. The van der Waals surface area contributed by atoms with Gasteiger partial charge < -0.3 is 14.8 Å². The maximum atomic E-state index is 12.9. The molecule has 0 saturated heterocycles. The molecule has 3 rings (SSSR count). The summed E-state index contributed by atoms with van der Waals surface area (Å²) in [5, 5.41) is 2.80. The summed E-state index contributed by atoms with van der Waals surface area (Å²) in [5.41, 5.74) is 0.419. The lowest BCUT2D eigenvalue weighted by Crippen LogP contribution is -2.29. The fourth-order valence-corrected chi connectivity index (χ4v) is 3.18. The van der Waals surface area contributed by atoms with E-state index in [1.165, 1.54) is 13.0 Å². The lowest BCUT2D eigenvalue weighted by atomic mass is 10.2. The number of amides is 1. The SMILES string of the molecule is CC(OC(=O)/C=C/c1ccc(OCc2ccc(Cl)cc2)cc1)C(=O)Nc1cc(C(F)(F)F)ccc1Cl. The van der Waals surface area contributed by atoms with Crippen LogP contribution < -0.4 is 10.1 Å². The van der Waals surface area contributed by atoms with Crippen molar-refractivity contribution in [2.24, 2.45) is 0 Å². The largest absolute Gasteiger partial charge is 0.489 e. The zero-order chi connectivity index (χ0) is 26.3. The average molecular weight is 538 g/mol. The number of carbonyl (C=O) groups is 2. The Hall–Kier alpha value is -3.49. The van der Waals surface area contributed by atoms with Crippen molar-refractivity contribution < 1.29 is 32.2 Å². The van der Waals surface area contributed by atoms with Crippen LogP contribution in [0.4, 0.5) is 18.9 Å². The van der Waals surface area contributed by atoms with Crippen molar-refractivity contribution in [1.82, 2.24) is 0 Å². The number of alkyl halides is 3. The van der Waals surface area contributed by atoms with E-state index in [4.69, 9.17) is 32.7 Å². The van der Waals surface area contributed by atoms with E-state index in [1.807, 2.05) is 12.1 Å². The highest BCUT2D eigenvalue weighted by Gasteiger charge is 2.31. The molecule has 0 radical (unpaired) electrons. The minimum Gasteiger partial charge on any atom is -0.489 e. The Kier molecular flexibility index (Phi) is 9.01. The molecule has 0 aliphatic carbocycles. The first kappa shape index (κ1) is 27.1. The standard InChI is InChI=1S/C26H20Cl2F3NO4/c1-16(25(34)32-23-14-19(26(29,30)31)7-12-22(23)28)36-24(33)13-6-17-4-10-21(11-5-17)35-15-18-2-8-20(27)9-3-18/h2-14,16H,15H2,1H3,(H,32,34)/b13-6+. The first-order valence-corrected chi connectivity index (χ1v) is 11.3. The molecule has 0 fully saturated rings. The lowest BCUT2D eigenvalue weighted by molar-refractivity contribution is -0.148. The summed E-state index contributed by atoms with van der Waals surface area (Å²) in [6, 6.07) is 16.7. The third-order valence-corrected chi connectivity index (χ3v) is 5.41. The fraction of sp³-hybridized carbons (Fsp3) is 0.154. The Balaban J connectivity index is 1.51. The summed E-state index contributed by atoms with van der Waals surface area (Å²) in [4.78, 5) is 24.4. The Morgan fingerprint density at radius 1 is 1.00 bits per heavy atom. The van der Waals surface area contributed by atoms with Crippen molar-refractivity contribution in [3.8, 4) is 5.75 Å². The van der Waals surface area contributed by atoms with E-state index in [2.05, 4.69) is 5.32 Å². The molecule has 188 valence electrons. The number of benzene rings is 3. The Morgan fingerprint density at radius 3 is 2.31 bits per heavy atom. The average Bonchev–Trinajstić information content (AvgIpc) is 2.83. The minimum atomic E-state index is -4.60. The Morgan fingerprint density at radius 2 is 1.67 bits per heavy atom. The number of nitrogens with one attached hydrogen (secondary N) is 1. The summed E-state index contributed by atoms with van der Waals surface area (Å²) >= 11 is 11.7. The second-order valence-corrected chi connectivity index (χ2v) is 8.42. The molecule has 0 heterocycles. The maximum absolute atomic E-state index is 12.9. The molecular formula is C26H20Cl2F3NO4. The van der Waals surface area contributed by atoms with Crippen molar-refractivity contribution in [1.29, 1.82) is 0 Å². The minimum absolute atomic E-state index is 0.0876. The molecule has 0 aliphatic rings. The number of esters is 1. The Bertz CT molecular complexity index is 1240. The second kappa shape index (κ2) is 12.0. The summed E-state index contributed by atoms with van der Waals surface area (Å²) in [7, 11) is 0. The Labute approximate surface area is 215 Å². The van der Waals surface area contributed by atoms with Crippen LogP contribution in [0.3, 0.4) is 0 Å². The highest BCUT2D eigenvalue weighted by atomic mass is 35.5. The maximum Gasteiger partial charge on any atom is 0.416 e. The van der Waals surface area contributed by atoms with Crippen molar-refractivity contribution in [3.05, 3.63) is 99.5 Å². The third-order valence-electron chi connectivity index (χ3n) is 4.82. The number of carbonyl (C=O) groups excluding carboxylic acids is 2. The number of anilines is 1. The van der Waals surface area contributed by atoms with Crippen molar-refractivity contribution in [3.63, 3.8) is 0 Å². The van der Waals surface area contributed by atoms with Crippen LogP contribution in [0.2, 0.25) is 10.0 Å². The fourth-order valence-electron chi connectivity index (χ4n) is 2.89. The van der Waals surface area contributed by atoms with Crippen LogP contribution in [0.15, 0.2) is 72.8 Å². The van der Waals surface area contributed by atoms with Gasteiger partial charge in [-0.2, -0.15) is 13.2 Å². The van der Waals surface area contributed by atoms with Crippen LogP contribution in [0.1, 0.15) is 23.6 Å². The zero-order valence-electron chi connectivity index (χ0n) is 18.8. The topological polar surface area (TPSA) is 64.6 Å². The quantitative estimate of drug-likeness (QED) is 0.244. The first-order valence-electron chi connectivity index (χ1n) is 10.5. The van der Waals surface area contributed by atoms with E-state index in [0.717, 1.165) is 23.8 Å². The van der Waals surface area contributed by atoms with E-state index >= 15 is 0 Å². The molecule has 5 nitrogen and oxygen atoms in total. The number of hydrogen-bond acceptors (Lipinski definition) is 4. The molecule has 0 saturated carbocycles. The predicted molar refractivity (Wildman–Crippen MR) is 132 cm³/mol. The van der Waals surface area contributed by atoms with Crippen LogP contribution in [-0.4, -0.2) is 18.0 Å². The number of hydrogen-bond donors (Lipinski definition) is 1. The second-order valence-electron chi connectivity index (χ2n) is 7.58. The molecule has 0 spiro atoms. The molecule has 1 atom stereocenters. The van der Waals surface area contributed by atoms with E-state index in [0.29, 0.717) is 29.0 Å². The van der Waals surface area contributed by atoms with Gasteiger partial charge in [0.1, 0.15) is 12.4 Å². The summed E-state index contributed by atoms with van der Waals surface area (Å²) < 4.78 is 49.4. The van der Waals surface area contributed by atoms with Crippen molar-refractivity contribution in [2.75, 3.05) is 5.32 Å². The van der Waals surface area contributed by atoms with Crippen LogP contribution in [0.25, 0.3) is 6.08 Å². The molecule has 36 heavy (non-hydrogen) atoms. The molecular weight excluding hydrogens is 518 g/mol. The molecule has 1 amide bonds. The monoisotopic (exact) mass is 537 g/mol. The van der Waals surface area contributed by atoms with Gasteiger partial charge in [0, 0.05) is 11.1 Å². The summed E-state index contributed by atoms with van der Waals surface area (Å²) in [5.74, 6) is -1.01. The number of rotatable bonds is 8. The van der Waals surface area contributed by atoms with Gasteiger partial charge in [0.2, 0.25) is 0 Å². The van der Waals surface area contributed by atoms with Gasteiger partial charge in [-0.25, -0.2) is 4.79 Å². The molecule has 0 aliphatic heterocycles. The van der Waals surface area contributed by atoms with E-state index in [1.54, 1.807) is 36.4 Å². The van der Waals surface area contributed by atoms with Crippen molar-refractivity contribution in [2.45, 2.75) is 25.8 Å². The van der Waals surface area contributed by atoms with Gasteiger partial charge in [-0.3, -0.25) is 4.79 Å². The number of halogens is 5. The van der Waals surface area contributed by atoms with Gasteiger partial charge in [0.05, 0.1) is 16.3 Å². The van der Waals surface area contributed by atoms with Gasteiger partial charge >= 0.3 is 12.1 Å². The van der Waals surface area contributed by atoms with E-state index < -0.39 is 29.7 Å². The number of ether oxygens (including phenoxy) is 2. The van der Waals surface area contributed by atoms with Crippen molar-refractivity contribution >= 4 is 46.8 Å². The van der Waals surface area contributed by atoms with Crippen LogP contribution >= 0.6 is 23.2 Å². The van der Waals surface area contributed by atoms with Crippen LogP contribution in [0.5, 0.6) is 5.75 Å². The summed E-state index contributed by atoms with van der Waals surface area (Å²) in [6.07, 6.45) is -3.27. The molecule has 0 bridgehead atoms. The van der Waals surface area contributed by atoms with Crippen LogP contribution in [-0.2, 0) is 27.1 Å². The van der Waals surface area contributed by atoms with Crippen LogP contribution in [0, 0.1) is 0 Å². The predicted octanol–water partition coefficient (Wildman–Crippen LogP) is 7.17. The molecule has 3 aromatic rings. The highest BCUT2D eigenvalue weighted by molar-refractivity contribution is 6.33. The van der Waals surface area contributed by atoms with E-state index in [9.17, 15) is 22.8 Å². The van der Waals surface area contributed by atoms with E-state index in [-0.39, 0.29) is 10.7 Å². The summed E-state index contributed by atoms with van der Waals surface area (Å²) in [6.45, 7) is 1.65. The van der Waals surface area contributed by atoms with Gasteiger partial charge in [0.15, 0.2) is 6.10 Å². The van der Waals surface area contributed by atoms with Gasteiger partial charge in [-0.1, -0.05) is 47.5 Å². The normalized spacial score (nSPS) is 12.3. The smallest absolute Gasteiger partial charge is 0.416 e. The molecule has 1 unspecified atom stereocenters. The van der Waals surface area contributed by atoms with Gasteiger partial charge in [-0.05, 0) is 66.6 Å². The molecule has 10 heteroatoms.